The van der Waals surface area contributed by atoms with E-state index in [1.54, 1.807) is 18.6 Å². The smallest absolute Gasteiger partial charge is 0.138 e. The van der Waals surface area contributed by atoms with E-state index in [-0.39, 0.29) is 12.1 Å². The summed E-state index contributed by atoms with van der Waals surface area (Å²) >= 11 is 0. The minimum absolute atomic E-state index is 0.122. The summed E-state index contributed by atoms with van der Waals surface area (Å²) < 4.78 is 5.63. The van der Waals surface area contributed by atoms with Gasteiger partial charge in [-0.3, -0.25) is 9.97 Å². The van der Waals surface area contributed by atoms with Gasteiger partial charge < -0.3 is 10.5 Å². The van der Waals surface area contributed by atoms with E-state index in [1.807, 2.05) is 39.0 Å². The Hall–Kier alpha value is -1.94. The second kappa shape index (κ2) is 5.80. The van der Waals surface area contributed by atoms with Gasteiger partial charge in [0, 0.05) is 18.1 Å². The van der Waals surface area contributed by atoms with Crippen LogP contribution in [0, 0.1) is 6.92 Å². The van der Waals surface area contributed by atoms with Crippen LogP contribution >= 0.6 is 0 Å². The zero-order valence-corrected chi connectivity index (χ0v) is 11.5. The number of hydrogen-bond donors (Lipinski definition) is 1. The Bertz CT molecular complexity index is 555. The molecule has 0 radical (unpaired) electrons. The van der Waals surface area contributed by atoms with Gasteiger partial charge in [-0.15, -0.1) is 0 Å². The lowest BCUT2D eigenvalue weighted by atomic mass is 10.0. The fourth-order valence-corrected chi connectivity index (χ4v) is 1.90. The van der Waals surface area contributed by atoms with Crippen LogP contribution in [0.3, 0.4) is 0 Å². The van der Waals surface area contributed by atoms with Crippen molar-refractivity contribution in [3.8, 4) is 5.75 Å². The third kappa shape index (κ3) is 3.51. The van der Waals surface area contributed by atoms with Crippen molar-refractivity contribution in [1.82, 2.24) is 9.97 Å². The first-order chi connectivity index (χ1) is 9.06. The second-order valence-electron chi connectivity index (χ2n) is 4.83. The molecule has 2 aromatic heterocycles. The summed E-state index contributed by atoms with van der Waals surface area (Å²) in [7, 11) is 0. The van der Waals surface area contributed by atoms with Gasteiger partial charge in [-0.25, -0.2) is 0 Å². The van der Waals surface area contributed by atoms with E-state index < -0.39 is 0 Å². The number of ether oxygens (including phenoxy) is 1. The summed E-state index contributed by atoms with van der Waals surface area (Å²) in [5, 5.41) is 0. The molecule has 0 amide bonds. The average Bonchev–Trinajstić information content (AvgIpc) is 2.37. The minimum atomic E-state index is -0.218. The van der Waals surface area contributed by atoms with Gasteiger partial charge in [0.2, 0.25) is 0 Å². The molecule has 2 aromatic rings. The van der Waals surface area contributed by atoms with E-state index in [0.717, 1.165) is 22.6 Å². The highest BCUT2D eigenvalue weighted by Gasteiger charge is 2.11. The first-order valence-corrected chi connectivity index (χ1v) is 6.36. The molecule has 2 rings (SSSR count). The van der Waals surface area contributed by atoms with Gasteiger partial charge >= 0.3 is 0 Å². The Morgan fingerprint density at radius 2 is 1.95 bits per heavy atom. The van der Waals surface area contributed by atoms with Crippen LogP contribution in [0.1, 0.15) is 36.7 Å². The average molecular weight is 257 g/mol. The summed E-state index contributed by atoms with van der Waals surface area (Å²) in [6.07, 6.45) is 5.37. The van der Waals surface area contributed by atoms with Crippen molar-refractivity contribution in [2.75, 3.05) is 0 Å². The van der Waals surface area contributed by atoms with Crippen molar-refractivity contribution in [2.24, 2.45) is 5.73 Å². The first-order valence-electron chi connectivity index (χ1n) is 6.36. The van der Waals surface area contributed by atoms with E-state index in [0.29, 0.717) is 0 Å². The van der Waals surface area contributed by atoms with E-state index >= 15 is 0 Å². The van der Waals surface area contributed by atoms with Crippen LogP contribution in [0.5, 0.6) is 5.75 Å². The normalized spacial score (nSPS) is 12.5. The van der Waals surface area contributed by atoms with E-state index in [4.69, 9.17) is 10.5 Å². The maximum Gasteiger partial charge on any atom is 0.138 e. The van der Waals surface area contributed by atoms with Crippen molar-refractivity contribution in [1.29, 1.82) is 0 Å². The Labute approximate surface area is 113 Å². The molecule has 0 aliphatic rings. The first kappa shape index (κ1) is 13.5. The Balaban J connectivity index is 2.26. The molecular formula is C15H19N3O. The van der Waals surface area contributed by atoms with Crippen LogP contribution in [0.15, 0.2) is 36.8 Å². The van der Waals surface area contributed by atoms with Crippen LogP contribution < -0.4 is 10.5 Å². The molecule has 2 heterocycles. The Morgan fingerprint density at radius 1 is 1.16 bits per heavy atom. The van der Waals surface area contributed by atoms with Crippen LogP contribution in [-0.2, 0) is 0 Å². The molecule has 0 bridgehead atoms. The summed E-state index contributed by atoms with van der Waals surface area (Å²) in [5.74, 6) is 0.744. The molecule has 1 unspecified atom stereocenters. The van der Waals surface area contributed by atoms with Crippen molar-refractivity contribution >= 4 is 0 Å². The Kier molecular flexibility index (Phi) is 4.12. The third-order valence-electron chi connectivity index (χ3n) is 2.75. The standard InChI is InChI=1S/C15H19N3O/c1-10(2)19-14-7-13(8-17-9-14)15(16)12-4-5-18-11(3)6-12/h4-10,15H,16H2,1-3H3. The molecule has 0 saturated heterocycles. The van der Waals surface area contributed by atoms with E-state index in [1.165, 1.54) is 0 Å². The molecular weight excluding hydrogens is 238 g/mol. The minimum Gasteiger partial charge on any atom is -0.489 e. The summed E-state index contributed by atoms with van der Waals surface area (Å²) in [4.78, 5) is 8.36. The monoisotopic (exact) mass is 257 g/mol. The molecule has 4 heteroatoms. The fourth-order valence-electron chi connectivity index (χ4n) is 1.90. The van der Waals surface area contributed by atoms with Gasteiger partial charge in [0.05, 0.1) is 18.3 Å². The second-order valence-corrected chi connectivity index (χ2v) is 4.83. The molecule has 2 N–H and O–H groups in total. The van der Waals surface area contributed by atoms with Crippen molar-refractivity contribution in [2.45, 2.75) is 32.9 Å². The number of aromatic nitrogens is 2. The zero-order chi connectivity index (χ0) is 13.8. The SMILES string of the molecule is Cc1cc(C(N)c2cncc(OC(C)C)c2)ccn1. The molecule has 4 nitrogen and oxygen atoms in total. The number of hydrogen-bond acceptors (Lipinski definition) is 4. The highest BCUT2D eigenvalue weighted by atomic mass is 16.5. The summed E-state index contributed by atoms with van der Waals surface area (Å²) in [5.41, 5.74) is 9.17. The molecule has 1 atom stereocenters. The molecule has 0 aliphatic carbocycles. The number of nitrogens with zero attached hydrogens (tertiary/aromatic N) is 2. The lowest BCUT2D eigenvalue weighted by molar-refractivity contribution is 0.241. The van der Waals surface area contributed by atoms with Gasteiger partial charge in [-0.2, -0.15) is 0 Å². The van der Waals surface area contributed by atoms with Crippen LogP contribution in [-0.4, -0.2) is 16.1 Å². The third-order valence-corrected chi connectivity index (χ3v) is 2.75. The van der Waals surface area contributed by atoms with Crippen LogP contribution in [0.4, 0.5) is 0 Å². The maximum atomic E-state index is 6.26. The highest BCUT2D eigenvalue weighted by Crippen LogP contribution is 2.22. The van der Waals surface area contributed by atoms with E-state index in [9.17, 15) is 0 Å². The molecule has 19 heavy (non-hydrogen) atoms. The number of aryl methyl sites for hydroxylation is 1. The van der Waals surface area contributed by atoms with Crippen molar-refractivity contribution in [3.05, 3.63) is 53.6 Å². The summed E-state index contributed by atoms with van der Waals surface area (Å²) in [6, 6.07) is 5.63. The topological polar surface area (TPSA) is 61.0 Å². The van der Waals surface area contributed by atoms with Crippen molar-refractivity contribution < 1.29 is 4.74 Å². The number of nitrogens with two attached hydrogens (primary N) is 1. The van der Waals surface area contributed by atoms with Gasteiger partial charge in [-0.1, -0.05) is 0 Å². The lowest BCUT2D eigenvalue weighted by Crippen LogP contribution is -2.13. The van der Waals surface area contributed by atoms with Crippen LogP contribution in [0.25, 0.3) is 0 Å². The molecule has 0 aliphatic heterocycles. The molecule has 0 aromatic carbocycles. The zero-order valence-electron chi connectivity index (χ0n) is 11.5. The highest BCUT2D eigenvalue weighted by molar-refractivity contribution is 5.33. The number of pyridine rings is 2. The largest absolute Gasteiger partial charge is 0.489 e. The Morgan fingerprint density at radius 3 is 2.63 bits per heavy atom. The molecule has 0 fully saturated rings. The van der Waals surface area contributed by atoms with E-state index in [2.05, 4.69) is 9.97 Å². The fraction of sp³-hybridized carbons (Fsp3) is 0.333. The maximum absolute atomic E-state index is 6.26. The number of rotatable bonds is 4. The predicted molar refractivity (Wildman–Crippen MR) is 75.0 cm³/mol. The van der Waals surface area contributed by atoms with Gasteiger partial charge in [-0.05, 0) is 50.1 Å². The lowest BCUT2D eigenvalue weighted by Gasteiger charge is -2.15. The van der Waals surface area contributed by atoms with Crippen LogP contribution in [0.2, 0.25) is 0 Å². The molecule has 0 spiro atoms. The molecule has 0 saturated carbocycles. The van der Waals surface area contributed by atoms with Crippen molar-refractivity contribution in [3.63, 3.8) is 0 Å². The van der Waals surface area contributed by atoms with Gasteiger partial charge in [0.15, 0.2) is 0 Å². The summed E-state index contributed by atoms with van der Waals surface area (Å²) in [6.45, 7) is 5.92. The molecule has 100 valence electrons. The quantitative estimate of drug-likeness (QED) is 0.914. The predicted octanol–water partition coefficient (Wildman–Crippen LogP) is 2.62. The van der Waals surface area contributed by atoms with Gasteiger partial charge in [0.25, 0.3) is 0 Å². The van der Waals surface area contributed by atoms with Gasteiger partial charge in [0.1, 0.15) is 5.75 Å².